The average Bonchev–Trinajstić information content (AvgIpc) is 1.96. The fourth-order valence-electron chi connectivity index (χ4n) is 0.526. The lowest BCUT2D eigenvalue weighted by Crippen LogP contribution is -2.29. The summed E-state index contributed by atoms with van der Waals surface area (Å²) in [6.45, 7) is -0.219. The van der Waals surface area contributed by atoms with Crippen LogP contribution in [0.25, 0.3) is 0 Å². The molecule has 2 amide bonds. The summed E-state index contributed by atoms with van der Waals surface area (Å²) in [5.74, 6) is 0. The Balaban J connectivity index is 3.32. The summed E-state index contributed by atoms with van der Waals surface area (Å²) in [5, 5.41) is 9.40. The predicted molar refractivity (Wildman–Crippen MR) is 37.7 cm³/mol. The molecule has 5 nitrogen and oxygen atoms in total. The Kier molecular flexibility index (Phi) is 5.49. The number of hydrogen-bond acceptors (Lipinski definition) is 3. The van der Waals surface area contributed by atoms with Gasteiger partial charge in [0.15, 0.2) is 0 Å². The first kappa shape index (κ1) is 11.6. The highest BCUT2D eigenvalue weighted by Gasteiger charge is 2.07. The first-order chi connectivity index (χ1) is 6.02. The molecular weight excluding hydrogens is 188 g/mol. The van der Waals surface area contributed by atoms with Crippen LogP contribution in [0, 0.1) is 0 Å². The molecule has 76 valence electrons. The number of alkyl halides is 2. The highest BCUT2D eigenvalue weighted by atomic mass is 19.3. The molecular formula is C6H9F2NO4. The molecule has 0 aromatic carbocycles. The van der Waals surface area contributed by atoms with Gasteiger partial charge in [-0.15, -0.1) is 0 Å². The first-order valence-electron chi connectivity index (χ1n) is 3.47. The Morgan fingerprint density at radius 1 is 1.46 bits per heavy atom. The molecule has 0 rings (SSSR count). The van der Waals surface area contributed by atoms with Crippen molar-refractivity contribution in [1.29, 1.82) is 0 Å². The molecule has 0 aliphatic heterocycles. The van der Waals surface area contributed by atoms with Gasteiger partial charge in [-0.3, -0.25) is 0 Å². The summed E-state index contributed by atoms with van der Waals surface area (Å²) in [5.41, 5.74) is 0. The molecule has 0 heterocycles. The summed E-state index contributed by atoms with van der Waals surface area (Å²) >= 11 is 0. The molecule has 0 fully saturated rings. The van der Waals surface area contributed by atoms with E-state index in [1.165, 1.54) is 5.32 Å². The number of rotatable bonds is 4. The molecule has 0 aromatic rings. The molecule has 0 aliphatic carbocycles. The van der Waals surface area contributed by atoms with Crippen LogP contribution in [0.1, 0.15) is 12.8 Å². The van der Waals surface area contributed by atoms with Gasteiger partial charge in [-0.05, 0) is 6.42 Å². The van der Waals surface area contributed by atoms with Crippen molar-refractivity contribution in [2.45, 2.75) is 19.3 Å². The zero-order chi connectivity index (χ0) is 10.3. The van der Waals surface area contributed by atoms with E-state index in [1.807, 2.05) is 0 Å². The number of alkyl carbamates (subject to hydrolysis) is 1. The predicted octanol–water partition coefficient (Wildman–Crippen LogP) is 1.44. The number of ether oxygens (including phenoxy) is 1. The number of halogens is 2. The normalized spacial score (nSPS) is 9.77. The Bertz CT molecular complexity index is 185. The van der Waals surface area contributed by atoms with Gasteiger partial charge in [-0.25, -0.2) is 23.7 Å². The van der Waals surface area contributed by atoms with E-state index < -0.39 is 18.6 Å². The number of nitrogens with one attached hydrogen (secondary N) is 1. The average molecular weight is 197 g/mol. The Hall–Kier alpha value is -1.40. The molecule has 0 saturated heterocycles. The lowest BCUT2D eigenvalue weighted by Gasteiger charge is -2.02. The second-order valence-electron chi connectivity index (χ2n) is 2.10. The maximum absolute atomic E-state index is 11.5. The maximum atomic E-state index is 11.5. The van der Waals surface area contributed by atoms with Gasteiger partial charge in [0, 0.05) is 6.42 Å². The summed E-state index contributed by atoms with van der Waals surface area (Å²) in [6.07, 6.45) is -5.50. The largest absolute Gasteiger partial charge is 0.465 e. The fraction of sp³-hybridized carbons (Fsp3) is 0.667. The zero-order valence-electron chi connectivity index (χ0n) is 6.63. The second-order valence-corrected chi connectivity index (χ2v) is 2.10. The van der Waals surface area contributed by atoms with Crippen LogP contribution in [0.4, 0.5) is 18.4 Å². The summed E-state index contributed by atoms with van der Waals surface area (Å²) in [4.78, 5) is 20.2. The number of carbonyl (C=O) groups is 2. The highest BCUT2D eigenvalue weighted by molar-refractivity contribution is 5.86. The lowest BCUT2D eigenvalue weighted by atomic mass is 10.3. The van der Waals surface area contributed by atoms with E-state index in [4.69, 9.17) is 5.11 Å². The summed E-state index contributed by atoms with van der Waals surface area (Å²) < 4.78 is 27.3. The number of amides is 2. The van der Waals surface area contributed by atoms with E-state index in [9.17, 15) is 18.4 Å². The topological polar surface area (TPSA) is 75.6 Å². The van der Waals surface area contributed by atoms with Crippen LogP contribution in [0.15, 0.2) is 0 Å². The van der Waals surface area contributed by atoms with Crippen molar-refractivity contribution < 1.29 is 28.2 Å². The molecule has 0 bridgehead atoms. The minimum absolute atomic E-state index is 0.00467. The molecule has 0 saturated carbocycles. The van der Waals surface area contributed by atoms with Gasteiger partial charge in [0.25, 0.3) is 0 Å². The van der Waals surface area contributed by atoms with Gasteiger partial charge in [0.05, 0.1) is 6.61 Å². The van der Waals surface area contributed by atoms with Gasteiger partial charge in [0.2, 0.25) is 6.43 Å². The van der Waals surface area contributed by atoms with E-state index in [0.29, 0.717) is 0 Å². The van der Waals surface area contributed by atoms with Crippen LogP contribution in [-0.2, 0) is 4.74 Å². The minimum atomic E-state index is -2.44. The number of hydrogen-bond donors (Lipinski definition) is 2. The monoisotopic (exact) mass is 197 g/mol. The molecule has 2 N–H and O–H groups in total. The second kappa shape index (κ2) is 6.15. The fourth-order valence-corrected chi connectivity index (χ4v) is 0.526. The van der Waals surface area contributed by atoms with Gasteiger partial charge in [0.1, 0.15) is 0 Å². The van der Waals surface area contributed by atoms with Crippen LogP contribution in [0.2, 0.25) is 0 Å². The van der Waals surface area contributed by atoms with E-state index in [2.05, 4.69) is 4.74 Å². The lowest BCUT2D eigenvalue weighted by molar-refractivity contribution is 0.109. The molecule has 7 heteroatoms. The Morgan fingerprint density at radius 3 is 2.54 bits per heavy atom. The summed E-state index contributed by atoms with van der Waals surface area (Å²) in [6, 6.07) is 0. The molecule has 0 aliphatic rings. The SMILES string of the molecule is O=C(O)NC(=O)OCCCC(F)F. The smallest absolute Gasteiger partial charge is 0.416 e. The van der Waals surface area contributed by atoms with Crippen LogP contribution in [0.3, 0.4) is 0 Å². The molecule has 13 heavy (non-hydrogen) atoms. The van der Waals surface area contributed by atoms with Crippen molar-refractivity contribution in [1.82, 2.24) is 5.32 Å². The van der Waals surface area contributed by atoms with Crippen LogP contribution < -0.4 is 5.32 Å². The van der Waals surface area contributed by atoms with Gasteiger partial charge in [-0.2, -0.15) is 0 Å². The van der Waals surface area contributed by atoms with Crippen molar-refractivity contribution >= 4 is 12.2 Å². The molecule has 0 radical (unpaired) electrons. The van der Waals surface area contributed by atoms with Gasteiger partial charge in [-0.1, -0.05) is 0 Å². The molecule has 0 aromatic heterocycles. The van der Waals surface area contributed by atoms with Crippen molar-refractivity contribution in [2.75, 3.05) is 6.61 Å². The van der Waals surface area contributed by atoms with Gasteiger partial charge < -0.3 is 9.84 Å². The van der Waals surface area contributed by atoms with E-state index in [0.717, 1.165) is 0 Å². The third-order valence-electron chi connectivity index (χ3n) is 1.01. The van der Waals surface area contributed by atoms with E-state index >= 15 is 0 Å². The first-order valence-corrected chi connectivity index (χ1v) is 3.47. The van der Waals surface area contributed by atoms with Crippen molar-refractivity contribution in [2.24, 2.45) is 0 Å². The Morgan fingerprint density at radius 2 is 2.08 bits per heavy atom. The third kappa shape index (κ3) is 8.51. The maximum Gasteiger partial charge on any atom is 0.416 e. The highest BCUT2D eigenvalue weighted by Crippen LogP contribution is 2.02. The number of carboxylic acid groups (broad SMARTS) is 1. The van der Waals surface area contributed by atoms with Crippen LogP contribution >= 0.6 is 0 Å². The zero-order valence-corrected chi connectivity index (χ0v) is 6.63. The van der Waals surface area contributed by atoms with Crippen LogP contribution in [-0.4, -0.2) is 30.3 Å². The Labute approximate surface area is 72.7 Å². The van der Waals surface area contributed by atoms with Crippen LogP contribution in [0.5, 0.6) is 0 Å². The molecule has 0 spiro atoms. The standard InChI is InChI=1S/C6H9F2NO4/c7-4(8)2-1-3-13-6(12)9-5(10)11/h4H,1-3H2,(H,9,12)(H,10,11). The van der Waals surface area contributed by atoms with Gasteiger partial charge >= 0.3 is 12.2 Å². The minimum Gasteiger partial charge on any atom is -0.465 e. The third-order valence-corrected chi connectivity index (χ3v) is 1.01. The quantitative estimate of drug-likeness (QED) is 0.668. The van der Waals surface area contributed by atoms with E-state index in [1.54, 1.807) is 0 Å². The summed E-state index contributed by atoms with van der Waals surface area (Å²) in [7, 11) is 0. The van der Waals surface area contributed by atoms with Crippen molar-refractivity contribution in [3.05, 3.63) is 0 Å². The molecule has 0 atom stereocenters. The number of imide groups is 1. The van der Waals surface area contributed by atoms with E-state index in [-0.39, 0.29) is 19.4 Å². The molecule has 0 unspecified atom stereocenters. The van der Waals surface area contributed by atoms with Crippen molar-refractivity contribution in [3.8, 4) is 0 Å². The number of carbonyl (C=O) groups excluding carboxylic acids is 1. The van der Waals surface area contributed by atoms with Crippen molar-refractivity contribution in [3.63, 3.8) is 0 Å².